The van der Waals surface area contributed by atoms with Gasteiger partial charge in [-0.05, 0) is 66.1 Å². The molecule has 1 saturated heterocycles. The number of nitrogens with one attached hydrogen (secondary N) is 2. The molecule has 148 valence electrons. The highest BCUT2D eigenvalue weighted by Gasteiger charge is 2.29. The fourth-order valence-electron chi connectivity index (χ4n) is 2.82. The summed E-state index contributed by atoms with van der Waals surface area (Å²) in [6.45, 7) is 6.74. The highest BCUT2D eigenvalue weighted by molar-refractivity contribution is 14.0. The summed E-state index contributed by atoms with van der Waals surface area (Å²) < 4.78 is 11.9. The van der Waals surface area contributed by atoms with Crippen molar-refractivity contribution in [2.24, 2.45) is 4.99 Å². The first-order valence-corrected chi connectivity index (χ1v) is 10.4. The molecule has 1 fully saturated rings. The second-order valence-electron chi connectivity index (χ2n) is 6.26. The van der Waals surface area contributed by atoms with E-state index in [9.17, 15) is 0 Å². The minimum atomic E-state index is 0. The third kappa shape index (κ3) is 6.67. The number of hydrogen-bond donors (Lipinski definition) is 2. The van der Waals surface area contributed by atoms with Crippen molar-refractivity contribution < 1.29 is 9.47 Å². The minimum Gasteiger partial charge on any atom is -0.493 e. The van der Waals surface area contributed by atoms with Crippen LogP contribution >= 0.6 is 51.7 Å². The highest BCUT2D eigenvalue weighted by atomic mass is 127. The number of halogens is 2. The van der Waals surface area contributed by atoms with Crippen LogP contribution in [0, 0.1) is 0 Å². The lowest BCUT2D eigenvalue weighted by molar-refractivity contribution is 0.352. The van der Waals surface area contributed by atoms with Gasteiger partial charge in [0.1, 0.15) is 0 Å². The average Bonchev–Trinajstić information content (AvgIpc) is 3.03. The maximum Gasteiger partial charge on any atom is 0.191 e. The van der Waals surface area contributed by atoms with Crippen LogP contribution in [-0.2, 0) is 6.54 Å². The Bertz CT molecular complexity index is 610. The molecule has 0 radical (unpaired) electrons. The zero-order valence-corrected chi connectivity index (χ0v) is 20.6. The fraction of sp³-hybridized carbons (Fsp3) is 0.611. The van der Waals surface area contributed by atoms with Crippen molar-refractivity contribution in [2.45, 2.75) is 38.0 Å². The molecule has 1 aromatic rings. The fourth-order valence-corrected chi connectivity index (χ4v) is 4.72. The van der Waals surface area contributed by atoms with E-state index in [4.69, 9.17) is 14.5 Å². The van der Waals surface area contributed by atoms with Gasteiger partial charge in [-0.25, -0.2) is 4.99 Å². The largest absolute Gasteiger partial charge is 0.493 e. The van der Waals surface area contributed by atoms with E-state index in [1.54, 1.807) is 14.2 Å². The van der Waals surface area contributed by atoms with Gasteiger partial charge in [-0.3, -0.25) is 0 Å². The SMILES string of the molecule is CCNC(=NCc1cc(Br)c(OC)c(OC)c1)NCC1(C)CCCS1.I. The molecule has 2 rings (SSSR count). The van der Waals surface area contributed by atoms with Crippen LogP contribution in [-0.4, -0.2) is 43.8 Å². The standard InChI is InChI=1S/C18H28BrN3O2S.HI/c1-5-20-17(22-12-18(2)7-6-8-25-18)21-11-13-9-14(19)16(24-4)15(10-13)23-3;/h9-10H,5-8,11-12H2,1-4H3,(H2,20,21,22);1H. The molecule has 0 aromatic heterocycles. The van der Waals surface area contributed by atoms with Crippen molar-refractivity contribution in [3.63, 3.8) is 0 Å². The molecule has 1 aliphatic heterocycles. The zero-order chi connectivity index (χ0) is 18.3. The number of benzene rings is 1. The maximum atomic E-state index is 5.40. The normalized spacial score (nSPS) is 19.7. The van der Waals surface area contributed by atoms with Crippen LogP contribution in [0.1, 0.15) is 32.3 Å². The molecule has 1 aromatic carbocycles. The van der Waals surface area contributed by atoms with Crippen molar-refractivity contribution in [3.8, 4) is 11.5 Å². The lowest BCUT2D eigenvalue weighted by Gasteiger charge is -2.24. The first-order chi connectivity index (χ1) is 12.0. The molecule has 0 aliphatic carbocycles. The minimum absolute atomic E-state index is 0. The molecule has 8 heteroatoms. The van der Waals surface area contributed by atoms with Crippen LogP contribution in [0.5, 0.6) is 11.5 Å². The molecular weight excluding hydrogens is 529 g/mol. The Kier molecular flexibility index (Phi) is 10.5. The molecule has 1 unspecified atom stereocenters. The molecule has 26 heavy (non-hydrogen) atoms. The topological polar surface area (TPSA) is 54.9 Å². The summed E-state index contributed by atoms with van der Waals surface area (Å²) in [6, 6.07) is 3.98. The third-order valence-corrected chi connectivity index (χ3v) is 6.31. The lowest BCUT2D eigenvalue weighted by Crippen LogP contribution is -2.43. The molecular formula is C18H29BrIN3O2S. The van der Waals surface area contributed by atoms with Crippen LogP contribution < -0.4 is 20.1 Å². The van der Waals surface area contributed by atoms with E-state index in [-0.39, 0.29) is 24.0 Å². The van der Waals surface area contributed by atoms with E-state index in [0.717, 1.165) is 29.1 Å². The average molecular weight is 558 g/mol. The van der Waals surface area contributed by atoms with Gasteiger partial charge >= 0.3 is 0 Å². The summed E-state index contributed by atoms with van der Waals surface area (Å²) in [6.07, 6.45) is 2.56. The van der Waals surface area contributed by atoms with Gasteiger partial charge in [0.05, 0.1) is 25.2 Å². The number of thioether (sulfide) groups is 1. The van der Waals surface area contributed by atoms with Crippen molar-refractivity contribution in [3.05, 3.63) is 22.2 Å². The van der Waals surface area contributed by atoms with Gasteiger partial charge in [0, 0.05) is 17.8 Å². The molecule has 1 heterocycles. The molecule has 0 saturated carbocycles. The van der Waals surface area contributed by atoms with Gasteiger partial charge in [0.15, 0.2) is 17.5 Å². The molecule has 2 N–H and O–H groups in total. The summed E-state index contributed by atoms with van der Waals surface area (Å²) in [7, 11) is 3.28. The summed E-state index contributed by atoms with van der Waals surface area (Å²) in [5, 5.41) is 6.81. The number of rotatable bonds is 7. The number of hydrogen-bond acceptors (Lipinski definition) is 4. The number of ether oxygens (including phenoxy) is 2. The second kappa shape index (κ2) is 11.5. The van der Waals surface area contributed by atoms with Crippen molar-refractivity contribution in [1.29, 1.82) is 0 Å². The maximum absolute atomic E-state index is 5.40. The summed E-state index contributed by atoms with van der Waals surface area (Å²) in [5.41, 5.74) is 1.06. The van der Waals surface area contributed by atoms with E-state index in [0.29, 0.717) is 22.8 Å². The Morgan fingerprint density at radius 2 is 2.08 bits per heavy atom. The molecule has 1 atom stereocenters. The van der Waals surface area contributed by atoms with E-state index < -0.39 is 0 Å². The first-order valence-electron chi connectivity index (χ1n) is 8.58. The Morgan fingerprint density at radius 1 is 1.31 bits per heavy atom. The number of nitrogens with zero attached hydrogens (tertiary/aromatic N) is 1. The van der Waals surface area contributed by atoms with E-state index in [1.165, 1.54) is 18.6 Å². The Balaban J connectivity index is 0.00000338. The molecule has 0 bridgehead atoms. The van der Waals surface area contributed by atoms with Gasteiger partial charge in [-0.15, -0.1) is 24.0 Å². The van der Waals surface area contributed by atoms with Gasteiger partial charge in [-0.2, -0.15) is 11.8 Å². The van der Waals surface area contributed by atoms with Crippen LogP contribution in [0.4, 0.5) is 0 Å². The van der Waals surface area contributed by atoms with Crippen LogP contribution in [0.2, 0.25) is 0 Å². The number of methoxy groups -OCH3 is 2. The molecule has 5 nitrogen and oxygen atoms in total. The molecule has 1 aliphatic rings. The van der Waals surface area contributed by atoms with E-state index >= 15 is 0 Å². The lowest BCUT2D eigenvalue weighted by atomic mass is 10.1. The van der Waals surface area contributed by atoms with E-state index in [1.807, 2.05) is 23.9 Å². The Hall–Kier alpha value is -0.350. The number of guanidine groups is 1. The van der Waals surface area contributed by atoms with Crippen LogP contribution in [0.3, 0.4) is 0 Å². The Labute approximate surface area is 186 Å². The predicted octanol–water partition coefficient (Wildman–Crippen LogP) is 4.43. The molecule has 0 amide bonds. The quantitative estimate of drug-likeness (QED) is 0.295. The molecule has 0 spiro atoms. The number of aliphatic imine (C=N–C) groups is 1. The predicted molar refractivity (Wildman–Crippen MR) is 126 cm³/mol. The van der Waals surface area contributed by atoms with Crippen LogP contribution in [0.25, 0.3) is 0 Å². The van der Waals surface area contributed by atoms with Gasteiger partial charge < -0.3 is 20.1 Å². The van der Waals surface area contributed by atoms with Crippen molar-refractivity contribution in [1.82, 2.24) is 10.6 Å². The Morgan fingerprint density at radius 3 is 2.65 bits per heavy atom. The smallest absolute Gasteiger partial charge is 0.191 e. The zero-order valence-electron chi connectivity index (χ0n) is 15.9. The summed E-state index contributed by atoms with van der Waals surface area (Å²) in [5.74, 6) is 3.51. The van der Waals surface area contributed by atoms with Gasteiger partial charge in [0.25, 0.3) is 0 Å². The van der Waals surface area contributed by atoms with Gasteiger partial charge in [0.2, 0.25) is 0 Å². The van der Waals surface area contributed by atoms with Crippen molar-refractivity contribution >= 4 is 57.6 Å². The summed E-state index contributed by atoms with van der Waals surface area (Å²) in [4.78, 5) is 4.72. The highest BCUT2D eigenvalue weighted by Crippen LogP contribution is 2.37. The van der Waals surface area contributed by atoms with E-state index in [2.05, 4.69) is 40.4 Å². The van der Waals surface area contributed by atoms with Gasteiger partial charge in [-0.1, -0.05) is 0 Å². The third-order valence-electron chi connectivity index (χ3n) is 4.19. The summed E-state index contributed by atoms with van der Waals surface area (Å²) >= 11 is 5.58. The second-order valence-corrected chi connectivity index (χ2v) is 8.80. The van der Waals surface area contributed by atoms with Crippen LogP contribution in [0.15, 0.2) is 21.6 Å². The monoisotopic (exact) mass is 557 g/mol. The van der Waals surface area contributed by atoms with Crippen molar-refractivity contribution in [2.75, 3.05) is 33.1 Å². The first kappa shape index (κ1) is 23.7.